The summed E-state index contributed by atoms with van der Waals surface area (Å²) in [5.74, 6) is 0.757. The summed E-state index contributed by atoms with van der Waals surface area (Å²) in [5, 5.41) is 9.99. The molecule has 0 fully saturated rings. The van der Waals surface area contributed by atoms with E-state index < -0.39 is 0 Å². The van der Waals surface area contributed by atoms with Crippen molar-refractivity contribution < 1.29 is 0 Å². The number of rotatable bonds is 4. The summed E-state index contributed by atoms with van der Waals surface area (Å²) in [4.78, 5) is 9.60. The Morgan fingerprint density at radius 2 is 2.10 bits per heavy atom. The number of imidazole rings is 1. The van der Waals surface area contributed by atoms with Crippen LogP contribution in [0.15, 0.2) is 35.4 Å². The first-order valence-corrected chi connectivity index (χ1v) is 10.4. The van der Waals surface area contributed by atoms with Gasteiger partial charge in [0.25, 0.3) is 0 Å². The molecule has 2 unspecified atom stereocenters. The Labute approximate surface area is 173 Å². The van der Waals surface area contributed by atoms with Crippen molar-refractivity contribution in [2.45, 2.75) is 31.7 Å². The monoisotopic (exact) mass is 409 g/mol. The third-order valence-corrected chi connectivity index (χ3v) is 6.06. The van der Waals surface area contributed by atoms with Gasteiger partial charge >= 0.3 is 0 Å². The van der Waals surface area contributed by atoms with Crippen LogP contribution in [0, 0.1) is 0 Å². The molecule has 0 spiro atoms. The minimum absolute atomic E-state index is 0.160. The maximum Gasteiger partial charge on any atom is 0.180 e. The molecule has 0 amide bonds. The standard InChI is InChI=1S/C19H23N9S/c1-11-5-17(29-25-11)23-18-19-20-7-16(14-9-27(4)24-12(14)2)28(19)10-15(22-18)13-6-21-26(3)8-13/h6-10,12,17,24H,5H2,1-4H3,(H,22,23). The van der Waals surface area contributed by atoms with E-state index in [9.17, 15) is 0 Å². The predicted molar refractivity (Wildman–Crippen MR) is 116 cm³/mol. The predicted octanol–water partition coefficient (Wildman–Crippen LogP) is 2.56. The summed E-state index contributed by atoms with van der Waals surface area (Å²) in [5.41, 5.74) is 9.37. The van der Waals surface area contributed by atoms with Gasteiger partial charge in [-0.3, -0.25) is 9.08 Å². The van der Waals surface area contributed by atoms with Gasteiger partial charge in [-0.2, -0.15) is 5.10 Å². The highest BCUT2D eigenvalue weighted by atomic mass is 32.2. The second-order valence-corrected chi connectivity index (χ2v) is 8.49. The molecule has 10 heteroatoms. The van der Waals surface area contributed by atoms with Crippen molar-refractivity contribution in [3.8, 4) is 11.3 Å². The summed E-state index contributed by atoms with van der Waals surface area (Å²) in [7, 11) is 3.91. The molecule has 9 nitrogen and oxygen atoms in total. The molecule has 150 valence electrons. The summed E-state index contributed by atoms with van der Waals surface area (Å²) in [6, 6.07) is 0.202. The molecule has 0 saturated carbocycles. The zero-order valence-corrected chi connectivity index (χ0v) is 17.6. The fraction of sp³-hybridized carbons (Fsp3) is 0.368. The highest BCUT2D eigenvalue weighted by Crippen LogP contribution is 2.31. The van der Waals surface area contributed by atoms with E-state index in [2.05, 4.69) is 44.7 Å². The van der Waals surface area contributed by atoms with Gasteiger partial charge in [0, 0.05) is 56.0 Å². The van der Waals surface area contributed by atoms with E-state index in [-0.39, 0.29) is 11.4 Å². The Bertz CT molecular complexity index is 1140. The lowest BCUT2D eigenvalue weighted by atomic mass is 10.1. The molecular formula is C19H23N9S. The molecule has 3 aromatic rings. The van der Waals surface area contributed by atoms with Gasteiger partial charge in [0.05, 0.1) is 29.8 Å². The lowest BCUT2D eigenvalue weighted by molar-refractivity contribution is 0.340. The van der Waals surface area contributed by atoms with Crippen LogP contribution in [0.2, 0.25) is 0 Å². The molecule has 2 aliphatic heterocycles. The fourth-order valence-corrected chi connectivity index (χ4v) is 4.60. The Kier molecular flexibility index (Phi) is 4.32. The van der Waals surface area contributed by atoms with Crippen LogP contribution in [0.25, 0.3) is 22.5 Å². The van der Waals surface area contributed by atoms with E-state index in [0.29, 0.717) is 0 Å². The van der Waals surface area contributed by atoms with E-state index in [4.69, 9.17) is 9.97 Å². The summed E-state index contributed by atoms with van der Waals surface area (Å²) >= 11 is 1.55. The first-order chi connectivity index (χ1) is 14.0. The van der Waals surface area contributed by atoms with Crippen LogP contribution in [0.1, 0.15) is 26.0 Å². The van der Waals surface area contributed by atoms with Gasteiger partial charge in [-0.25, -0.2) is 19.8 Å². The molecule has 5 heterocycles. The van der Waals surface area contributed by atoms with Crippen molar-refractivity contribution in [1.29, 1.82) is 0 Å². The number of nitrogens with zero attached hydrogens (tertiary/aromatic N) is 7. The molecule has 29 heavy (non-hydrogen) atoms. The molecule has 5 rings (SSSR count). The number of hydrogen-bond donors (Lipinski definition) is 2. The number of hydrazine groups is 1. The van der Waals surface area contributed by atoms with Crippen molar-refractivity contribution in [2.75, 3.05) is 12.4 Å². The number of aromatic nitrogens is 5. The molecule has 2 atom stereocenters. The Morgan fingerprint density at radius 1 is 1.24 bits per heavy atom. The maximum atomic E-state index is 4.89. The SMILES string of the molecule is CC1=NSC(Nc2nc(-c3cnn(C)c3)cn3c(C4=CN(C)NC4C)cnc23)C1. The molecule has 0 aromatic carbocycles. The summed E-state index contributed by atoms with van der Waals surface area (Å²) in [6.07, 6.45) is 10.8. The average molecular weight is 410 g/mol. The second kappa shape index (κ2) is 6.89. The van der Waals surface area contributed by atoms with Gasteiger partial charge in [-0.05, 0) is 25.8 Å². The molecule has 3 aromatic heterocycles. The van der Waals surface area contributed by atoms with Crippen LogP contribution in [-0.4, -0.2) is 53.3 Å². The Morgan fingerprint density at radius 3 is 2.76 bits per heavy atom. The normalized spacial score (nSPS) is 21.7. The molecule has 2 aliphatic rings. The van der Waals surface area contributed by atoms with E-state index in [1.807, 2.05) is 43.9 Å². The van der Waals surface area contributed by atoms with Crippen molar-refractivity contribution in [2.24, 2.45) is 11.4 Å². The Balaban J connectivity index is 1.63. The lowest BCUT2D eigenvalue weighted by Crippen LogP contribution is -2.30. The average Bonchev–Trinajstić information content (AvgIpc) is 3.43. The van der Waals surface area contributed by atoms with Gasteiger partial charge in [0.1, 0.15) is 5.37 Å². The lowest BCUT2D eigenvalue weighted by Gasteiger charge is -2.15. The highest BCUT2D eigenvalue weighted by Gasteiger charge is 2.25. The van der Waals surface area contributed by atoms with Gasteiger partial charge in [0.15, 0.2) is 11.5 Å². The zero-order chi connectivity index (χ0) is 20.1. The third kappa shape index (κ3) is 3.28. The van der Waals surface area contributed by atoms with Crippen molar-refractivity contribution in [3.63, 3.8) is 0 Å². The highest BCUT2D eigenvalue weighted by molar-refractivity contribution is 7.99. The van der Waals surface area contributed by atoms with Gasteiger partial charge in [0.2, 0.25) is 0 Å². The molecular weight excluding hydrogens is 386 g/mol. The molecule has 0 saturated heterocycles. The number of fused-ring (bicyclic) bond motifs is 1. The Hall–Kier alpha value is -2.85. The first-order valence-electron chi connectivity index (χ1n) is 9.52. The fourth-order valence-electron chi connectivity index (χ4n) is 3.74. The number of anilines is 1. The van der Waals surface area contributed by atoms with Gasteiger partial charge in [-0.1, -0.05) is 0 Å². The van der Waals surface area contributed by atoms with Crippen LogP contribution < -0.4 is 10.7 Å². The molecule has 0 radical (unpaired) electrons. The van der Waals surface area contributed by atoms with E-state index >= 15 is 0 Å². The van der Waals surface area contributed by atoms with Gasteiger partial charge in [-0.15, -0.1) is 0 Å². The summed E-state index contributed by atoms with van der Waals surface area (Å²) in [6.45, 7) is 4.20. The summed E-state index contributed by atoms with van der Waals surface area (Å²) < 4.78 is 8.35. The topological polar surface area (TPSA) is 87.7 Å². The second-order valence-electron chi connectivity index (χ2n) is 7.53. The van der Waals surface area contributed by atoms with Crippen LogP contribution in [0.4, 0.5) is 5.82 Å². The number of hydrogen-bond acceptors (Lipinski definition) is 8. The number of nitrogens with one attached hydrogen (secondary N) is 2. The van der Waals surface area contributed by atoms with Crippen molar-refractivity contribution >= 4 is 34.7 Å². The van der Waals surface area contributed by atoms with Crippen LogP contribution in [0.3, 0.4) is 0 Å². The molecule has 0 aliphatic carbocycles. The van der Waals surface area contributed by atoms with Crippen LogP contribution >= 0.6 is 11.9 Å². The zero-order valence-electron chi connectivity index (χ0n) is 16.8. The maximum absolute atomic E-state index is 4.89. The van der Waals surface area contributed by atoms with Crippen molar-refractivity contribution in [3.05, 3.63) is 36.7 Å². The smallest absolute Gasteiger partial charge is 0.180 e. The third-order valence-electron chi connectivity index (χ3n) is 5.10. The first kappa shape index (κ1) is 18.2. The van der Waals surface area contributed by atoms with E-state index in [1.54, 1.807) is 16.6 Å². The minimum Gasteiger partial charge on any atom is -0.353 e. The van der Waals surface area contributed by atoms with Crippen LogP contribution in [-0.2, 0) is 7.05 Å². The van der Waals surface area contributed by atoms with Crippen LogP contribution in [0.5, 0.6) is 0 Å². The van der Waals surface area contributed by atoms with Gasteiger partial charge < -0.3 is 10.3 Å². The minimum atomic E-state index is 0.160. The van der Waals surface area contributed by atoms with E-state index in [1.165, 1.54) is 5.57 Å². The number of aryl methyl sites for hydroxylation is 1. The molecule has 2 N–H and O–H groups in total. The van der Waals surface area contributed by atoms with E-state index in [0.717, 1.165) is 40.5 Å². The molecule has 0 bridgehead atoms. The van der Waals surface area contributed by atoms with Crippen molar-refractivity contribution in [1.82, 2.24) is 34.6 Å². The quantitative estimate of drug-likeness (QED) is 0.640. The largest absolute Gasteiger partial charge is 0.353 e.